The van der Waals surface area contributed by atoms with Crippen LogP contribution >= 0.6 is 11.6 Å². The van der Waals surface area contributed by atoms with Gasteiger partial charge in [-0.1, -0.05) is 17.7 Å². The highest BCUT2D eigenvalue weighted by molar-refractivity contribution is 6.32. The Bertz CT molecular complexity index is 1060. The average Bonchev–Trinajstić information content (AvgIpc) is 3.20. The molecule has 164 valence electrons. The normalized spacial score (nSPS) is 10.8. The molecule has 7 nitrogen and oxygen atoms in total. The minimum absolute atomic E-state index is 0.0601. The SMILES string of the molecule is CCOc1cc(NC(=O)c2ccn(COc3cc(C)ccc3Cl)n2)ccc1OC(F)F. The summed E-state index contributed by atoms with van der Waals surface area (Å²) in [4.78, 5) is 12.5. The first-order valence-electron chi connectivity index (χ1n) is 9.31. The maximum Gasteiger partial charge on any atom is 0.387 e. The number of carbonyl (C=O) groups excluding carboxylic acids is 1. The van der Waals surface area contributed by atoms with Gasteiger partial charge in [-0.15, -0.1) is 0 Å². The van der Waals surface area contributed by atoms with Gasteiger partial charge in [0.1, 0.15) is 5.75 Å². The van der Waals surface area contributed by atoms with Gasteiger partial charge >= 0.3 is 6.61 Å². The van der Waals surface area contributed by atoms with Crippen LogP contribution in [0, 0.1) is 6.92 Å². The maximum absolute atomic E-state index is 12.5. The molecule has 0 bridgehead atoms. The first kappa shape index (κ1) is 22.4. The Labute approximate surface area is 182 Å². The Hall–Kier alpha value is -3.33. The van der Waals surface area contributed by atoms with E-state index in [0.717, 1.165) is 5.56 Å². The lowest BCUT2D eigenvalue weighted by Gasteiger charge is -2.13. The minimum atomic E-state index is -2.99. The molecule has 0 aliphatic carbocycles. The van der Waals surface area contributed by atoms with Crippen molar-refractivity contribution < 1.29 is 27.8 Å². The van der Waals surface area contributed by atoms with Crippen molar-refractivity contribution in [1.29, 1.82) is 0 Å². The van der Waals surface area contributed by atoms with Crippen LogP contribution in [0.2, 0.25) is 5.02 Å². The highest BCUT2D eigenvalue weighted by Crippen LogP contribution is 2.32. The molecule has 1 N–H and O–H groups in total. The van der Waals surface area contributed by atoms with E-state index in [2.05, 4.69) is 15.2 Å². The topological polar surface area (TPSA) is 74.6 Å². The molecule has 0 saturated heterocycles. The van der Waals surface area contributed by atoms with Gasteiger partial charge in [0.25, 0.3) is 5.91 Å². The van der Waals surface area contributed by atoms with Gasteiger partial charge in [0.05, 0.1) is 11.6 Å². The molecule has 0 aliphatic heterocycles. The molecule has 1 amide bonds. The molecule has 31 heavy (non-hydrogen) atoms. The molecule has 0 aliphatic rings. The van der Waals surface area contributed by atoms with Crippen molar-refractivity contribution >= 4 is 23.2 Å². The van der Waals surface area contributed by atoms with Gasteiger partial charge in [-0.05, 0) is 49.7 Å². The molecule has 0 unspecified atom stereocenters. The molecular formula is C21H20ClF2N3O4. The van der Waals surface area contributed by atoms with Gasteiger partial charge in [-0.25, -0.2) is 4.68 Å². The van der Waals surface area contributed by atoms with Crippen molar-refractivity contribution in [2.24, 2.45) is 0 Å². The summed E-state index contributed by atoms with van der Waals surface area (Å²) in [5.41, 5.74) is 1.48. The zero-order valence-electron chi connectivity index (χ0n) is 16.8. The summed E-state index contributed by atoms with van der Waals surface area (Å²) in [7, 11) is 0. The number of ether oxygens (including phenoxy) is 3. The smallest absolute Gasteiger partial charge is 0.387 e. The molecule has 0 saturated carbocycles. The van der Waals surface area contributed by atoms with Crippen molar-refractivity contribution in [3.05, 3.63) is 64.9 Å². The largest absolute Gasteiger partial charge is 0.490 e. The number of hydrogen-bond donors (Lipinski definition) is 1. The number of aryl methyl sites for hydroxylation is 1. The molecule has 3 aromatic rings. The number of anilines is 1. The van der Waals surface area contributed by atoms with Crippen LogP contribution in [0.5, 0.6) is 17.2 Å². The van der Waals surface area contributed by atoms with Gasteiger partial charge in [0, 0.05) is 18.0 Å². The third-order valence-electron chi connectivity index (χ3n) is 4.03. The van der Waals surface area contributed by atoms with Crippen molar-refractivity contribution in [3.8, 4) is 17.2 Å². The van der Waals surface area contributed by atoms with Gasteiger partial charge in [-0.3, -0.25) is 4.79 Å². The predicted molar refractivity (Wildman–Crippen MR) is 111 cm³/mol. The average molecular weight is 452 g/mol. The summed E-state index contributed by atoms with van der Waals surface area (Å²) >= 11 is 6.10. The van der Waals surface area contributed by atoms with Gasteiger partial charge < -0.3 is 19.5 Å². The van der Waals surface area contributed by atoms with Gasteiger partial charge in [0.2, 0.25) is 0 Å². The summed E-state index contributed by atoms with van der Waals surface area (Å²) in [6.45, 7) is 0.941. The third-order valence-corrected chi connectivity index (χ3v) is 4.34. The third kappa shape index (κ3) is 6.08. The van der Waals surface area contributed by atoms with E-state index >= 15 is 0 Å². The Morgan fingerprint density at radius 2 is 1.94 bits per heavy atom. The first-order valence-corrected chi connectivity index (χ1v) is 9.69. The van der Waals surface area contributed by atoms with Crippen LogP contribution in [-0.4, -0.2) is 28.9 Å². The van der Waals surface area contributed by atoms with Crippen LogP contribution < -0.4 is 19.5 Å². The number of benzene rings is 2. The fraction of sp³-hybridized carbons (Fsp3) is 0.238. The van der Waals surface area contributed by atoms with Crippen molar-refractivity contribution in [2.75, 3.05) is 11.9 Å². The molecule has 0 atom stereocenters. The molecule has 0 radical (unpaired) electrons. The highest BCUT2D eigenvalue weighted by atomic mass is 35.5. The highest BCUT2D eigenvalue weighted by Gasteiger charge is 2.15. The number of carbonyl (C=O) groups is 1. The zero-order valence-corrected chi connectivity index (χ0v) is 17.5. The summed E-state index contributed by atoms with van der Waals surface area (Å²) in [5.74, 6) is -0.00399. The summed E-state index contributed by atoms with van der Waals surface area (Å²) in [6.07, 6.45) is 1.59. The number of hydrogen-bond acceptors (Lipinski definition) is 5. The summed E-state index contributed by atoms with van der Waals surface area (Å²) in [5, 5.41) is 7.28. The number of amides is 1. The first-order chi connectivity index (χ1) is 14.9. The van der Waals surface area contributed by atoms with E-state index in [1.807, 2.05) is 13.0 Å². The van der Waals surface area contributed by atoms with Crippen LogP contribution in [0.4, 0.5) is 14.5 Å². The van der Waals surface area contributed by atoms with Crippen LogP contribution in [0.15, 0.2) is 48.7 Å². The molecule has 1 heterocycles. The van der Waals surface area contributed by atoms with Crippen LogP contribution in [0.25, 0.3) is 0 Å². The Morgan fingerprint density at radius 1 is 1.13 bits per heavy atom. The lowest BCUT2D eigenvalue weighted by Crippen LogP contribution is -2.14. The van der Waals surface area contributed by atoms with E-state index < -0.39 is 12.5 Å². The molecule has 2 aromatic carbocycles. The number of nitrogens with one attached hydrogen (secondary N) is 1. The van der Waals surface area contributed by atoms with Crippen molar-refractivity contribution in [2.45, 2.75) is 27.2 Å². The second kappa shape index (κ2) is 10.1. The van der Waals surface area contributed by atoms with Crippen LogP contribution in [-0.2, 0) is 6.73 Å². The Kier molecular flexibility index (Phi) is 7.30. The van der Waals surface area contributed by atoms with E-state index in [1.54, 1.807) is 25.3 Å². The van der Waals surface area contributed by atoms with E-state index in [1.165, 1.54) is 28.9 Å². The minimum Gasteiger partial charge on any atom is -0.490 e. The van der Waals surface area contributed by atoms with Crippen LogP contribution in [0.1, 0.15) is 23.0 Å². The summed E-state index contributed by atoms with van der Waals surface area (Å²) < 4.78 is 41.8. The second-order valence-electron chi connectivity index (χ2n) is 6.37. The molecule has 0 spiro atoms. The second-order valence-corrected chi connectivity index (χ2v) is 6.78. The number of alkyl halides is 2. The fourth-order valence-electron chi connectivity index (χ4n) is 2.65. The Balaban J connectivity index is 1.65. The maximum atomic E-state index is 12.5. The predicted octanol–water partition coefficient (Wildman–Crippen LogP) is 5.13. The lowest BCUT2D eigenvalue weighted by atomic mass is 10.2. The van der Waals surface area contributed by atoms with Crippen molar-refractivity contribution in [3.63, 3.8) is 0 Å². The van der Waals surface area contributed by atoms with E-state index in [9.17, 15) is 13.6 Å². The number of halogens is 3. The van der Waals surface area contributed by atoms with Gasteiger partial charge in [-0.2, -0.15) is 13.9 Å². The molecular weight excluding hydrogens is 432 g/mol. The van der Waals surface area contributed by atoms with Crippen LogP contribution in [0.3, 0.4) is 0 Å². The standard InChI is InChI=1S/C21H20ClF2N3O4/c1-3-29-19-11-14(5-7-17(19)31-21(23)24)25-20(28)16-8-9-27(26-16)12-30-18-10-13(2)4-6-15(18)22/h4-11,21H,3,12H2,1-2H3,(H,25,28). The Morgan fingerprint density at radius 3 is 2.68 bits per heavy atom. The quantitative estimate of drug-likeness (QED) is 0.488. The van der Waals surface area contributed by atoms with E-state index in [0.29, 0.717) is 16.5 Å². The molecule has 0 fully saturated rings. The number of aromatic nitrogens is 2. The van der Waals surface area contributed by atoms with Gasteiger partial charge in [0.15, 0.2) is 23.9 Å². The molecule has 3 rings (SSSR count). The number of rotatable bonds is 9. The van der Waals surface area contributed by atoms with Crippen molar-refractivity contribution in [1.82, 2.24) is 9.78 Å². The monoisotopic (exact) mass is 451 g/mol. The fourth-order valence-corrected chi connectivity index (χ4v) is 2.83. The lowest BCUT2D eigenvalue weighted by molar-refractivity contribution is -0.0514. The number of nitrogens with zero attached hydrogens (tertiary/aromatic N) is 2. The summed E-state index contributed by atoms with van der Waals surface area (Å²) in [6, 6.07) is 11.1. The zero-order chi connectivity index (χ0) is 22.4. The van der Waals surface area contributed by atoms with E-state index in [-0.39, 0.29) is 30.5 Å². The van der Waals surface area contributed by atoms with E-state index in [4.69, 9.17) is 21.1 Å². The molecule has 10 heteroatoms. The molecule has 1 aromatic heterocycles.